The van der Waals surface area contributed by atoms with Gasteiger partial charge in [0.2, 0.25) is 0 Å². The van der Waals surface area contributed by atoms with E-state index >= 15 is 0 Å². The van der Waals surface area contributed by atoms with Gasteiger partial charge >= 0.3 is 0 Å². The number of ether oxygens (including phenoxy) is 1. The highest BCUT2D eigenvalue weighted by Gasteiger charge is 2.08. The Balaban J connectivity index is 2.07. The number of hydrogen-bond donors (Lipinski definition) is 0. The molecule has 1 heterocycles. The van der Waals surface area contributed by atoms with Crippen LogP contribution in [0.4, 0.5) is 5.69 Å². The molecule has 3 nitrogen and oxygen atoms in total. The second-order valence-electron chi connectivity index (χ2n) is 4.33. The van der Waals surface area contributed by atoms with Crippen LogP contribution in [0.15, 0.2) is 58.5 Å². The van der Waals surface area contributed by atoms with E-state index in [4.69, 9.17) is 9.73 Å². The molecule has 1 aliphatic heterocycles. The molecule has 0 amide bonds. The molecule has 94 valence electrons. The molecule has 1 aliphatic rings. The number of nitrogens with zero attached hydrogens (tertiary/aromatic N) is 2. The Kier molecular flexibility index (Phi) is 3.11. The third-order valence-corrected chi connectivity index (χ3v) is 3.07. The Morgan fingerprint density at radius 3 is 2.84 bits per heavy atom. The first-order valence-corrected chi connectivity index (χ1v) is 6.17. The lowest BCUT2D eigenvalue weighted by atomic mass is 10.1. The number of methoxy groups -OCH3 is 1. The highest BCUT2D eigenvalue weighted by Crippen LogP contribution is 2.23. The van der Waals surface area contributed by atoms with E-state index in [2.05, 4.69) is 11.1 Å². The van der Waals surface area contributed by atoms with Crippen LogP contribution >= 0.6 is 0 Å². The Labute approximate surface area is 112 Å². The summed E-state index contributed by atoms with van der Waals surface area (Å²) in [6, 6.07) is 16.0. The maximum Gasteiger partial charge on any atom is 0.119 e. The number of benzene rings is 2. The van der Waals surface area contributed by atoms with Gasteiger partial charge < -0.3 is 4.74 Å². The maximum atomic E-state index is 5.25. The third-order valence-electron chi connectivity index (χ3n) is 3.07. The molecule has 2 aromatic rings. The Hall–Kier alpha value is -2.42. The monoisotopic (exact) mass is 250 g/mol. The summed E-state index contributed by atoms with van der Waals surface area (Å²) in [6.07, 6.45) is 1.83. The number of aliphatic imine (C=N–C) groups is 2. The fourth-order valence-electron chi connectivity index (χ4n) is 2.06. The second-order valence-corrected chi connectivity index (χ2v) is 4.33. The van der Waals surface area contributed by atoms with E-state index in [1.807, 2.05) is 48.7 Å². The second kappa shape index (κ2) is 5.06. The molecular formula is C16H14N2O. The van der Waals surface area contributed by atoms with Gasteiger partial charge in [0, 0.05) is 11.8 Å². The van der Waals surface area contributed by atoms with Crippen LogP contribution < -0.4 is 4.74 Å². The summed E-state index contributed by atoms with van der Waals surface area (Å²) < 4.78 is 5.25. The zero-order valence-corrected chi connectivity index (χ0v) is 10.7. The van der Waals surface area contributed by atoms with Crippen LogP contribution in [0.3, 0.4) is 0 Å². The molecule has 0 radical (unpaired) electrons. The lowest BCUT2D eigenvalue weighted by Gasteiger charge is -2.04. The molecule has 3 rings (SSSR count). The van der Waals surface area contributed by atoms with Crippen molar-refractivity contribution in [1.29, 1.82) is 0 Å². The molecule has 0 unspecified atom stereocenters. The average Bonchev–Trinajstić information content (AvgIpc) is 2.69. The molecule has 19 heavy (non-hydrogen) atoms. The van der Waals surface area contributed by atoms with Crippen molar-refractivity contribution >= 4 is 17.6 Å². The molecule has 0 saturated carbocycles. The van der Waals surface area contributed by atoms with Crippen molar-refractivity contribution in [2.24, 2.45) is 9.98 Å². The van der Waals surface area contributed by atoms with Gasteiger partial charge in [-0.05, 0) is 23.8 Å². The van der Waals surface area contributed by atoms with Crippen LogP contribution in [0.1, 0.15) is 11.1 Å². The fourth-order valence-corrected chi connectivity index (χ4v) is 2.06. The predicted molar refractivity (Wildman–Crippen MR) is 77.8 cm³/mol. The lowest BCUT2D eigenvalue weighted by molar-refractivity contribution is 0.414. The Bertz CT molecular complexity index is 659. The molecule has 0 aliphatic carbocycles. The summed E-state index contributed by atoms with van der Waals surface area (Å²) in [5, 5.41) is 0. The normalized spacial score (nSPS) is 13.4. The Morgan fingerprint density at radius 2 is 1.95 bits per heavy atom. The van der Waals surface area contributed by atoms with Crippen LogP contribution in [-0.2, 0) is 6.54 Å². The predicted octanol–water partition coefficient (Wildman–Crippen LogP) is 3.40. The average molecular weight is 250 g/mol. The van der Waals surface area contributed by atoms with Gasteiger partial charge in [-0.3, -0.25) is 4.99 Å². The Morgan fingerprint density at radius 1 is 1.05 bits per heavy atom. The van der Waals surface area contributed by atoms with E-state index in [1.165, 1.54) is 0 Å². The van der Waals surface area contributed by atoms with E-state index in [-0.39, 0.29) is 0 Å². The van der Waals surface area contributed by atoms with Crippen molar-refractivity contribution < 1.29 is 4.74 Å². The molecule has 0 spiro atoms. The standard InChI is InChI=1S/C16H14N2O/c1-19-14-7-4-6-12(9-14)16-11-17-10-13-5-2-3-8-15(13)18-16/h2-9,11H,10H2,1H3. The minimum atomic E-state index is 0.674. The van der Waals surface area contributed by atoms with Crippen molar-refractivity contribution in [3.8, 4) is 5.75 Å². The van der Waals surface area contributed by atoms with Gasteiger partial charge in [-0.1, -0.05) is 30.3 Å². The maximum absolute atomic E-state index is 5.25. The van der Waals surface area contributed by atoms with E-state index in [0.717, 1.165) is 28.3 Å². The molecule has 0 aromatic heterocycles. The SMILES string of the molecule is COc1cccc(C2=Nc3ccccc3CN=C2)c1. The van der Waals surface area contributed by atoms with Crippen LogP contribution in [0.5, 0.6) is 5.75 Å². The van der Waals surface area contributed by atoms with E-state index in [9.17, 15) is 0 Å². The van der Waals surface area contributed by atoms with E-state index in [0.29, 0.717) is 6.54 Å². The number of fused-ring (bicyclic) bond motifs is 1. The third kappa shape index (κ3) is 2.40. The van der Waals surface area contributed by atoms with Crippen molar-refractivity contribution in [3.63, 3.8) is 0 Å². The molecule has 2 aromatic carbocycles. The summed E-state index contributed by atoms with van der Waals surface area (Å²) in [4.78, 5) is 9.13. The summed E-state index contributed by atoms with van der Waals surface area (Å²) in [7, 11) is 1.66. The largest absolute Gasteiger partial charge is 0.497 e. The van der Waals surface area contributed by atoms with Gasteiger partial charge in [0.1, 0.15) is 5.75 Å². The fraction of sp³-hybridized carbons (Fsp3) is 0.125. The van der Waals surface area contributed by atoms with Gasteiger partial charge in [0.25, 0.3) is 0 Å². The number of hydrogen-bond acceptors (Lipinski definition) is 3. The molecule has 0 saturated heterocycles. The topological polar surface area (TPSA) is 34.0 Å². The van der Waals surface area contributed by atoms with Crippen molar-refractivity contribution in [3.05, 3.63) is 59.7 Å². The summed E-state index contributed by atoms with van der Waals surface area (Å²) in [5.74, 6) is 0.825. The first-order chi connectivity index (χ1) is 9.36. The van der Waals surface area contributed by atoms with Crippen LogP contribution in [0, 0.1) is 0 Å². The van der Waals surface area contributed by atoms with Crippen molar-refractivity contribution in [1.82, 2.24) is 0 Å². The highest BCUT2D eigenvalue weighted by molar-refractivity contribution is 6.39. The lowest BCUT2D eigenvalue weighted by Crippen LogP contribution is -2.01. The molecule has 0 atom stereocenters. The van der Waals surface area contributed by atoms with Gasteiger partial charge in [0.05, 0.1) is 25.1 Å². The smallest absolute Gasteiger partial charge is 0.119 e. The van der Waals surface area contributed by atoms with Crippen LogP contribution in [0.25, 0.3) is 0 Å². The molecule has 0 bridgehead atoms. The quantitative estimate of drug-likeness (QED) is 0.804. The van der Waals surface area contributed by atoms with Crippen molar-refractivity contribution in [2.75, 3.05) is 7.11 Å². The summed E-state index contributed by atoms with van der Waals surface area (Å²) in [5.41, 5.74) is 4.01. The summed E-state index contributed by atoms with van der Waals surface area (Å²) >= 11 is 0. The van der Waals surface area contributed by atoms with E-state index < -0.39 is 0 Å². The minimum absolute atomic E-state index is 0.674. The molecular weight excluding hydrogens is 236 g/mol. The highest BCUT2D eigenvalue weighted by atomic mass is 16.5. The zero-order chi connectivity index (χ0) is 13.1. The van der Waals surface area contributed by atoms with Crippen LogP contribution in [0.2, 0.25) is 0 Å². The van der Waals surface area contributed by atoms with Gasteiger partial charge in [-0.25, -0.2) is 4.99 Å². The van der Waals surface area contributed by atoms with Gasteiger partial charge in [-0.2, -0.15) is 0 Å². The number of para-hydroxylation sites is 1. The minimum Gasteiger partial charge on any atom is -0.497 e. The van der Waals surface area contributed by atoms with Crippen molar-refractivity contribution in [2.45, 2.75) is 6.54 Å². The van der Waals surface area contributed by atoms with Crippen LogP contribution in [-0.4, -0.2) is 19.0 Å². The zero-order valence-electron chi connectivity index (χ0n) is 10.7. The van der Waals surface area contributed by atoms with Gasteiger partial charge in [-0.15, -0.1) is 0 Å². The molecule has 0 N–H and O–H groups in total. The molecule has 0 fully saturated rings. The summed E-state index contributed by atoms with van der Waals surface area (Å²) in [6.45, 7) is 0.674. The first-order valence-electron chi connectivity index (χ1n) is 6.17. The van der Waals surface area contributed by atoms with Gasteiger partial charge in [0.15, 0.2) is 0 Å². The first kappa shape index (κ1) is 11.7. The number of rotatable bonds is 2. The molecule has 3 heteroatoms. The van der Waals surface area contributed by atoms with E-state index in [1.54, 1.807) is 7.11 Å².